The Kier molecular flexibility index (Phi) is 11.8. The molecule has 0 unspecified atom stereocenters. The molecule has 1 aliphatic heterocycles. The number of benzene rings is 3. The van der Waals surface area contributed by atoms with Crippen molar-refractivity contribution < 1.29 is 18.9 Å². The van der Waals surface area contributed by atoms with Gasteiger partial charge < -0.3 is 18.9 Å². The number of ether oxygens (including phenoxy) is 4. The molecule has 0 N–H and O–H groups in total. The van der Waals surface area contributed by atoms with Crippen LogP contribution in [0.3, 0.4) is 0 Å². The van der Waals surface area contributed by atoms with E-state index in [0.717, 1.165) is 22.3 Å². The smallest absolute Gasteiger partial charge is 0.115 e. The predicted molar refractivity (Wildman–Crippen MR) is 151 cm³/mol. The molecule has 0 aliphatic carbocycles. The molecule has 1 saturated heterocycles. The predicted octanol–water partition coefficient (Wildman–Crippen LogP) is 7.35. The molecule has 3 aromatic carbocycles. The maximum absolute atomic E-state index is 6.59. The van der Waals surface area contributed by atoms with Gasteiger partial charge in [-0.15, -0.1) is 11.6 Å². The first kappa shape index (κ1) is 29.1. The maximum atomic E-state index is 6.59. The molecule has 0 aromatic heterocycles. The van der Waals surface area contributed by atoms with Crippen LogP contribution in [0.25, 0.3) is 0 Å². The summed E-state index contributed by atoms with van der Waals surface area (Å²) in [6, 6.07) is 30.5. The molecule has 1 heterocycles. The third kappa shape index (κ3) is 8.53. The van der Waals surface area contributed by atoms with Crippen molar-refractivity contribution in [3.05, 3.63) is 120 Å². The monoisotopic (exact) mass is 522 g/mol. The number of rotatable bonds is 12. The lowest BCUT2D eigenvalue weighted by molar-refractivity contribution is -0.260. The van der Waals surface area contributed by atoms with Crippen molar-refractivity contribution in [3.8, 4) is 0 Å². The van der Waals surface area contributed by atoms with E-state index in [1.54, 1.807) is 0 Å². The maximum Gasteiger partial charge on any atom is 0.115 e. The lowest BCUT2D eigenvalue weighted by atomic mass is 9.91. The fourth-order valence-electron chi connectivity index (χ4n) is 4.52. The molecular formula is C32H39ClO4. The Morgan fingerprint density at radius 3 is 1.54 bits per heavy atom. The number of hydrogen-bond donors (Lipinski definition) is 0. The van der Waals surface area contributed by atoms with Crippen LogP contribution in [0.5, 0.6) is 0 Å². The summed E-state index contributed by atoms with van der Waals surface area (Å²) in [5, 5.41) is 0. The van der Waals surface area contributed by atoms with Crippen LogP contribution in [0.1, 0.15) is 37.5 Å². The van der Waals surface area contributed by atoms with E-state index in [1.807, 2.05) is 61.5 Å². The van der Waals surface area contributed by atoms with Gasteiger partial charge in [0.15, 0.2) is 0 Å². The average molecular weight is 523 g/mol. The van der Waals surface area contributed by atoms with E-state index in [2.05, 4.69) is 43.0 Å². The highest BCUT2D eigenvalue weighted by molar-refractivity contribution is 6.19. The van der Waals surface area contributed by atoms with Crippen molar-refractivity contribution in [3.63, 3.8) is 0 Å². The van der Waals surface area contributed by atoms with Crippen LogP contribution >= 0.6 is 11.6 Å². The van der Waals surface area contributed by atoms with Crippen molar-refractivity contribution in [1.29, 1.82) is 0 Å². The third-order valence-corrected chi connectivity index (χ3v) is 6.78. The van der Waals surface area contributed by atoms with Gasteiger partial charge in [-0.25, -0.2) is 0 Å². The quantitative estimate of drug-likeness (QED) is 0.184. The zero-order chi connectivity index (χ0) is 25.2. The number of hydrogen-bond acceptors (Lipinski definition) is 4. The summed E-state index contributed by atoms with van der Waals surface area (Å²) in [7, 11) is 0. The highest BCUT2D eigenvalue weighted by atomic mass is 35.5. The zero-order valence-electron chi connectivity index (χ0n) is 20.8. The fourth-order valence-corrected chi connectivity index (χ4v) is 4.63. The molecule has 1 fully saturated rings. The second-order valence-electron chi connectivity index (χ2n) is 9.25. The van der Waals surface area contributed by atoms with Gasteiger partial charge >= 0.3 is 0 Å². The minimum atomic E-state index is -0.356. The Labute approximate surface area is 227 Å². The van der Waals surface area contributed by atoms with Crippen LogP contribution in [-0.2, 0) is 38.8 Å². The van der Waals surface area contributed by atoms with Crippen LogP contribution in [0.2, 0.25) is 0 Å². The molecule has 4 rings (SSSR count). The lowest BCUT2D eigenvalue weighted by Gasteiger charge is -2.45. The highest BCUT2D eigenvalue weighted by Gasteiger charge is 2.46. The molecule has 5 heteroatoms. The second-order valence-corrected chi connectivity index (χ2v) is 9.52. The van der Waals surface area contributed by atoms with Crippen LogP contribution in [0.4, 0.5) is 0 Å². The number of halogens is 1. The van der Waals surface area contributed by atoms with Crippen molar-refractivity contribution >= 4 is 11.6 Å². The zero-order valence-corrected chi connectivity index (χ0v) is 21.6. The topological polar surface area (TPSA) is 36.9 Å². The summed E-state index contributed by atoms with van der Waals surface area (Å²) in [4.78, 5) is 0. The van der Waals surface area contributed by atoms with Gasteiger partial charge in [-0.05, 0) is 30.0 Å². The Bertz CT molecular complexity index is 1040. The summed E-state index contributed by atoms with van der Waals surface area (Å²) in [6.45, 7) is 7.53. The highest BCUT2D eigenvalue weighted by Crippen LogP contribution is 2.33. The molecular weight excluding hydrogens is 484 g/mol. The normalized spacial score (nSPS) is 23.2. The Balaban J connectivity index is 0.00000380. The van der Waals surface area contributed by atoms with E-state index < -0.39 is 0 Å². The molecule has 4 nitrogen and oxygen atoms in total. The van der Waals surface area contributed by atoms with Gasteiger partial charge in [0.25, 0.3) is 0 Å². The van der Waals surface area contributed by atoms with E-state index in [1.165, 1.54) is 0 Å². The molecule has 5 atom stereocenters. The van der Waals surface area contributed by atoms with Gasteiger partial charge in [-0.2, -0.15) is 0 Å². The van der Waals surface area contributed by atoms with Crippen molar-refractivity contribution in [1.82, 2.24) is 0 Å². The second kappa shape index (κ2) is 15.1. The van der Waals surface area contributed by atoms with Gasteiger partial charge in [0.05, 0.1) is 32.0 Å². The van der Waals surface area contributed by atoms with Crippen molar-refractivity contribution in [2.45, 2.75) is 71.1 Å². The van der Waals surface area contributed by atoms with E-state index in [4.69, 9.17) is 30.5 Å². The van der Waals surface area contributed by atoms with E-state index in [0.29, 0.717) is 32.1 Å². The summed E-state index contributed by atoms with van der Waals surface area (Å²) in [5.41, 5.74) is 4.20. The molecule has 0 bridgehead atoms. The van der Waals surface area contributed by atoms with E-state index in [-0.39, 0.29) is 37.9 Å². The number of alkyl halides is 1. The summed E-state index contributed by atoms with van der Waals surface area (Å²) in [5.74, 6) is 0.378. The lowest BCUT2D eigenvalue weighted by Crippen LogP contribution is -2.59. The van der Waals surface area contributed by atoms with Crippen LogP contribution in [-0.4, -0.2) is 36.4 Å². The third-order valence-electron chi connectivity index (χ3n) is 6.40. The largest absolute Gasteiger partial charge is 0.369 e. The first-order valence-electron chi connectivity index (χ1n) is 12.5. The molecule has 3 aromatic rings. The van der Waals surface area contributed by atoms with Crippen molar-refractivity contribution in [2.75, 3.05) is 5.88 Å². The summed E-state index contributed by atoms with van der Waals surface area (Å²) < 4.78 is 26.1. The first-order valence-corrected chi connectivity index (χ1v) is 13.0. The minimum Gasteiger partial charge on any atom is -0.369 e. The molecule has 37 heavy (non-hydrogen) atoms. The van der Waals surface area contributed by atoms with Gasteiger partial charge in [-0.3, -0.25) is 0 Å². The van der Waals surface area contributed by atoms with Gasteiger partial charge in [0, 0.05) is 5.88 Å². The molecule has 0 spiro atoms. The van der Waals surface area contributed by atoms with Gasteiger partial charge in [0.1, 0.15) is 18.3 Å². The standard InChI is InChI=1S/C31H35ClO4.CH4/c1-23(19-32)18-28-30(34-21-26-14-8-4-9-15-26)31(35-22-27-16-10-5-11-17-27)29(24(2)36-28)33-20-25-12-6-3-7-13-25;/h3-17,24,28-31H,1,18-22H2,2H3;1H4/t24-,28-,29+,30+,31+;/m0./s1. The minimum absolute atomic E-state index is 0. The van der Waals surface area contributed by atoms with Crippen LogP contribution in [0.15, 0.2) is 103 Å². The van der Waals surface area contributed by atoms with Gasteiger partial charge in [0.2, 0.25) is 0 Å². The van der Waals surface area contributed by atoms with E-state index >= 15 is 0 Å². The van der Waals surface area contributed by atoms with Crippen molar-refractivity contribution in [2.24, 2.45) is 0 Å². The SMILES string of the molecule is C.C=C(CCl)C[C@@H]1O[C@@H](C)[C@@H](OCc2ccccc2)[C@@H](OCc2ccccc2)[C@@H]1OCc1ccccc1. The Morgan fingerprint density at radius 2 is 1.11 bits per heavy atom. The Hall–Kier alpha value is -2.47. The van der Waals surface area contributed by atoms with Gasteiger partial charge in [-0.1, -0.05) is 111 Å². The first-order chi connectivity index (χ1) is 17.6. The van der Waals surface area contributed by atoms with Crippen LogP contribution in [0, 0.1) is 0 Å². The Morgan fingerprint density at radius 1 is 0.703 bits per heavy atom. The fraction of sp³-hybridized carbons (Fsp3) is 0.375. The molecule has 0 saturated carbocycles. The summed E-state index contributed by atoms with van der Waals surface area (Å²) in [6.07, 6.45) is -0.841. The van der Waals surface area contributed by atoms with Crippen LogP contribution < -0.4 is 0 Å². The molecule has 198 valence electrons. The molecule has 1 aliphatic rings. The average Bonchev–Trinajstić information content (AvgIpc) is 2.92. The van der Waals surface area contributed by atoms with E-state index in [9.17, 15) is 0 Å². The molecule has 0 amide bonds. The molecule has 0 radical (unpaired) electrons. The summed E-state index contributed by atoms with van der Waals surface area (Å²) >= 11 is 6.10.